The molecule has 0 fully saturated rings. The minimum Gasteiger partial charge on any atom is -0.332 e. The first-order chi connectivity index (χ1) is 8.74. The molecule has 2 aromatic rings. The largest absolute Gasteiger partial charge is 0.332 e. The second-order valence-corrected chi connectivity index (χ2v) is 3.91. The minimum absolute atomic E-state index is 0.269. The van der Waals surface area contributed by atoms with Crippen molar-refractivity contribution in [2.24, 2.45) is 5.73 Å². The lowest BCUT2D eigenvalue weighted by atomic mass is 10.2. The number of nitrogens with one attached hydrogen (secondary N) is 1. The summed E-state index contributed by atoms with van der Waals surface area (Å²) in [4.78, 5) is 6.43. The average Bonchev–Trinajstić information content (AvgIpc) is 3.04. The predicted octanol–water partition coefficient (Wildman–Crippen LogP) is 0.196. The van der Waals surface area contributed by atoms with Crippen molar-refractivity contribution in [2.45, 2.75) is 19.9 Å². The molecule has 0 bridgehead atoms. The summed E-state index contributed by atoms with van der Waals surface area (Å²) in [6, 6.07) is -0.269. The van der Waals surface area contributed by atoms with Gasteiger partial charge in [0.1, 0.15) is 0 Å². The lowest BCUT2D eigenvalue weighted by molar-refractivity contribution is 0.278. The number of likely N-dealkylation sites (N-methyl/N-ethyl adjacent to an activating group) is 1. The minimum atomic E-state index is -0.269. The van der Waals surface area contributed by atoms with E-state index in [0.717, 1.165) is 13.1 Å². The molecule has 1 atom stereocenters. The van der Waals surface area contributed by atoms with E-state index in [4.69, 9.17) is 10.3 Å². The number of aromatic amines is 1. The Labute approximate surface area is 105 Å². The molecule has 0 aromatic carbocycles. The number of aromatic nitrogens is 5. The van der Waals surface area contributed by atoms with Crippen LogP contribution in [-0.2, 0) is 0 Å². The maximum absolute atomic E-state index is 6.04. The van der Waals surface area contributed by atoms with Crippen LogP contribution in [0.25, 0.3) is 11.6 Å². The van der Waals surface area contributed by atoms with Crippen LogP contribution in [0.5, 0.6) is 0 Å². The molecule has 3 N–H and O–H groups in total. The van der Waals surface area contributed by atoms with Crippen LogP contribution in [0.3, 0.4) is 0 Å². The third-order valence-corrected chi connectivity index (χ3v) is 2.76. The highest BCUT2D eigenvalue weighted by molar-refractivity contribution is 5.42. The quantitative estimate of drug-likeness (QED) is 0.754. The summed E-state index contributed by atoms with van der Waals surface area (Å²) >= 11 is 0. The smallest absolute Gasteiger partial charge is 0.280 e. The zero-order chi connectivity index (χ0) is 13.0. The summed E-state index contributed by atoms with van der Waals surface area (Å²) < 4.78 is 5.10. The first-order valence-corrected chi connectivity index (χ1v) is 5.92. The summed E-state index contributed by atoms with van der Waals surface area (Å²) in [6.45, 7) is 6.77. The predicted molar refractivity (Wildman–Crippen MR) is 64.4 cm³/mol. The fraction of sp³-hybridized carbons (Fsp3) is 0.600. The Morgan fingerprint density at radius 1 is 1.44 bits per heavy atom. The Hall–Kier alpha value is -1.80. The number of H-pyrrole nitrogens is 1. The maximum atomic E-state index is 6.04. The van der Waals surface area contributed by atoms with Crippen molar-refractivity contribution in [1.29, 1.82) is 0 Å². The van der Waals surface area contributed by atoms with Gasteiger partial charge in [0.25, 0.3) is 5.89 Å². The van der Waals surface area contributed by atoms with E-state index in [1.807, 2.05) is 0 Å². The van der Waals surface area contributed by atoms with Crippen molar-refractivity contribution in [1.82, 2.24) is 30.5 Å². The van der Waals surface area contributed by atoms with Crippen molar-refractivity contribution < 1.29 is 4.52 Å². The highest BCUT2D eigenvalue weighted by atomic mass is 16.5. The average molecular weight is 251 g/mol. The van der Waals surface area contributed by atoms with Gasteiger partial charge in [0.2, 0.25) is 0 Å². The van der Waals surface area contributed by atoms with Crippen molar-refractivity contribution in [2.75, 3.05) is 19.6 Å². The molecule has 8 heteroatoms. The highest BCUT2D eigenvalue weighted by Gasteiger charge is 2.18. The van der Waals surface area contributed by atoms with E-state index in [0.29, 0.717) is 24.0 Å². The molecule has 0 spiro atoms. The fourth-order valence-electron chi connectivity index (χ4n) is 1.64. The van der Waals surface area contributed by atoms with E-state index in [1.54, 1.807) is 0 Å². The summed E-state index contributed by atoms with van der Waals surface area (Å²) in [5.74, 6) is 0.814. The van der Waals surface area contributed by atoms with Gasteiger partial charge in [0.05, 0.1) is 12.2 Å². The van der Waals surface area contributed by atoms with E-state index < -0.39 is 0 Å². The molecule has 0 aliphatic carbocycles. The molecule has 2 rings (SSSR count). The monoisotopic (exact) mass is 251 g/mol. The van der Waals surface area contributed by atoms with Crippen LogP contribution in [0.2, 0.25) is 0 Å². The van der Waals surface area contributed by atoms with Crippen LogP contribution >= 0.6 is 0 Å². The van der Waals surface area contributed by atoms with Gasteiger partial charge in [-0.3, -0.25) is 0 Å². The second kappa shape index (κ2) is 5.69. The number of hydrogen-bond donors (Lipinski definition) is 2. The lowest BCUT2D eigenvalue weighted by Crippen LogP contribution is -2.32. The van der Waals surface area contributed by atoms with E-state index in [9.17, 15) is 0 Å². The summed E-state index contributed by atoms with van der Waals surface area (Å²) in [6.07, 6.45) is 1.52. The fourth-order valence-corrected chi connectivity index (χ4v) is 1.64. The van der Waals surface area contributed by atoms with Crippen LogP contribution in [0.15, 0.2) is 10.7 Å². The molecule has 2 aromatic heterocycles. The number of nitrogens with two attached hydrogens (primary N) is 1. The van der Waals surface area contributed by atoms with Gasteiger partial charge >= 0.3 is 0 Å². The van der Waals surface area contributed by atoms with Gasteiger partial charge < -0.3 is 15.2 Å². The molecular formula is C10H17N7O. The second-order valence-electron chi connectivity index (χ2n) is 3.91. The Bertz CT molecular complexity index is 462. The van der Waals surface area contributed by atoms with Gasteiger partial charge in [-0.1, -0.05) is 19.0 Å². The first kappa shape index (κ1) is 12.7. The molecule has 0 aliphatic rings. The van der Waals surface area contributed by atoms with Gasteiger partial charge in [-0.25, -0.2) is 0 Å². The number of hydrogen-bond acceptors (Lipinski definition) is 7. The van der Waals surface area contributed by atoms with Crippen molar-refractivity contribution >= 4 is 0 Å². The zero-order valence-corrected chi connectivity index (χ0v) is 10.5. The van der Waals surface area contributed by atoms with E-state index >= 15 is 0 Å². The third kappa shape index (κ3) is 2.71. The maximum Gasteiger partial charge on any atom is 0.280 e. The van der Waals surface area contributed by atoms with Crippen molar-refractivity contribution in [3.8, 4) is 11.6 Å². The van der Waals surface area contributed by atoms with Gasteiger partial charge in [-0.05, 0) is 13.1 Å². The number of rotatable bonds is 6. The van der Waals surface area contributed by atoms with Crippen LogP contribution in [0.1, 0.15) is 25.7 Å². The zero-order valence-electron chi connectivity index (χ0n) is 10.5. The van der Waals surface area contributed by atoms with Gasteiger partial charge in [0, 0.05) is 6.54 Å². The van der Waals surface area contributed by atoms with Crippen LogP contribution in [0.4, 0.5) is 0 Å². The Morgan fingerprint density at radius 3 is 2.83 bits per heavy atom. The highest BCUT2D eigenvalue weighted by Crippen LogP contribution is 2.15. The Balaban J connectivity index is 2.05. The molecule has 0 radical (unpaired) electrons. The molecular weight excluding hydrogens is 234 g/mol. The lowest BCUT2D eigenvalue weighted by Gasteiger charge is -2.20. The van der Waals surface area contributed by atoms with Crippen LogP contribution in [-0.4, -0.2) is 50.1 Å². The molecule has 98 valence electrons. The number of nitrogens with zero attached hydrogens (tertiary/aromatic N) is 5. The molecule has 0 aliphatic heterocycles. The summed E-state index contributed by atoms with van der Waals surface area (Å²) in [5, 5.41) is 13.9. The van der Waals surface area contributed by atoms with Crippen LogP contribution < -0.4 is 5.73 Å². The van der Waals surface area contributed by atoms with Crippen LogP contribution in [0, 0.1) is 0 Å². The standard InChI is InChI=1S/C10H17N7O/c1-3-17(4-2)6-7(11)9-13-10(18-15-9)8-5-12-16-14-8/h5,7H,3-4,6,11H2,1-2H3,(H,12,14,16). The van der Waals surface area contributed by atoms with E-state index in [-0.39, 0.29) is 6.04 Å². The topological polar surface area (TPSA) is 110 Å². The molecule has 0 saturated heterocycles. The van der Waals surface area contributed by atoms with E-state index in [1.165, 1.54) is 6.20 Å². The summed E-state index contributed by atoms with van der Waals surface area (Å²) in [7, 11) is 0. The molecule has 1 unspecified atom stereocenters. The summed E-state index contributed by atoms with van der Waals surface area (Å²) in [5.41, 5.74) is 6.56. The molecule has 2 heterocycles. The van der Waals surface area contributed by atoms with Gasteiger partial charge in [0.15, 0.2) is 11.5 Å². The SMILES string of the molecule is CCN(CC)CC(N)c1noc(-c2cn[nH]n2)n1. The Morgan fingerprint density at radius 2 is 2.22 bits per heavy atom. The molecule has 18 heavy (non-hydrogen) atoms. The third-order valence-electron chi connectivity index (χ3n) is 2.76. The molecule has 0 saturated carbocycles. The first-order valence-electron chi connectivity index (χ1n) is 5.92. The van der Waals surface area contributed by atoms with Crippen molar-refractivity contribution in [3.63, 3.8) is 0 Å². The van der Waals surface area contributed by atoms with Gasteiger partial charge in [-0.15, -0.1) is 0 Å². The van der Waals surface area contributed by atoms with Crippen molar-refractivity contribution in [3.05, 3.63) is 12.0 Å². The molecule has 0 amide bonds. The molecule has 8 nitrogen and oxygen atoms in total. The normalized spacial score (nSPS) is 13.1. The Kier molecular flexibility index (Phi) is 4.00. The van der Waals surface area contributed by atoms with Gasteiger partial charge in [-0.2, -0.15) is 20.4 Å². The van der Waals surface area contributed by atoms with E-state index in [2.05, 4.69) is 44.3 Å².